The molecule has 2 amide bonds. The first-order valence-corrected chi connectivity index (χ1v) is 9.70. The lowest BCUT2D eigenvalue weighted by Gasteiger charge is -2.46. The van der Waals surface area contributed by atoms with Gasteiger partial charge in [-0.1, -0.05) is 12.1 Å². The van der Waals surface area contributed by atoms with Gasteiger partial charge in [0.05, 0.1) is 17.4 Å². The van der Waals surface area contributed by atoms with Crippen molar-refractivity contribution >= 4 is 11.7 Å². The van der Waals surface area contributed by atoms with E-state index >= 15 is 0 Å². The average Bonchev–Trinajstić information content (AvgIpc) is 3.47. The molecular formula is C20H27FN2O3. The summed E-state index contributed by atoms with van der Waals surface area (Å²) in [4.78, 5) is 14.2. The maximum Gasteiger partial charge on any atom is 0.321 e. The van der Waals surface area contributed by atoms with Gasteiger partial charge < -0.3 is 19.7 Å². The molecule has 1 spiro atoms. The van der Waals surface area contributed by atoms with Crippen LogP contribution in [0.3, 0.4) is 0 Å². The second-order valence-corrected chi connectivity index (χ2v) is 7.82. The van der Waals surface area contributed by atoms with Crippen LogP contribution in [0.2, 0.25) is 0 Å². The number of carbonyl (C=O) groups excluding carboxylic acids is 1. The number of amides is 2. The summed E-state index contributed by atoms with van der Waals surface area (Å²) in [6.45, 7) is 2.86. The van der Waals surface area contributed by atoms with Crippen molar-refractivity contribution in [3.8, 4) is 0 Å². The Bertz CT molecular complexity index is 642. The largest absolute Gasteiger partial charge is 0.378 e. The number of rotatable bonds is 4. The third kappa shape index (κ3) is 4.18. The van der Waals surface area contributed by atoms with Crippen LogP contribution in [0.25, 0.3) is 0 Å². The normalized spacial score (nSPS) is 25.3. The SMILES string of the molecule is O=C(Nc1ccccc1F)N1CCC2(CC1)CC(OCC1CC1)CCO2. The molecule has 1 N–H and O–H groups in total. The number of hydrogen-bond donors (Lipinski definition) is 1. The minimum Gasteiger partial charge on any atom is -0.378 e. The minimum absolute atomic E-state index is 0.165. The highest BCUT2D eigenvalue weighted by atomic mass is 19.1. The Labute approximate surface area is 153 Å². The quantitative estimate of drug-likeness (QED) is 0.886. The third-order valence-electron chi connectivity index (χ3n) is 5.79. The standard InChI is InChI=1S/C20H27FN2O3/c21-17-3-1-2-4-18(17)22-19(24)23-10-8-20(9-11-23)13-16(7-12-26-20)25-14-15-5-6-15/h1-4,15-16H,5-14H2,(H,22,24). The van der Waals surface area contributed by atoms with Crippen molar-refractivity contribution in [2.45, 2.75) is 50.2 Å². The molecule has 1 aliphatic carbocycles. The Hall–Kier alpha value is -1.66. The Balaban J connectivity index is 1.28. The van der Waals surface area contributed by atoms with Gasteiger partial charge in [-0.15, -0.1) is 0 Å². The lowest BCUT2D eigenvalue weighted by atomic mass is 9.83. The van der Waals surface area contributed by atoms with E-state index < -0.39 is 5.82 Å². The Morgan fingerprint density at radius 1 is 1.27 bits per heavy atom. The molecule has 2 aliphatic heterocycles. The summed E-state index contributed by atoms with van der Waals surface area (Å²) >= 11 is 0. The zero-order valence-corrected chi connectivity index (χ0v) is 15.1. The van der Waals surface area contributed by atoms with Crippen LogP contribution in [0.15, 0.2) is 24.3 Å². The molecule has 0 aromatic heterocycles. The monoisotopic (exact) mass is 362 g/mol. The molecule has 1 saturated carbocycles. The van der Waals surface area contributed by atoms with E-state index in [4.69, 9.17) is 9.47 Å². The molecule has 2 heterocycles. The van der Waals surface area contributed by atoms with E-state index in [0.29, 0.717) is 13.1 Å². The first kappa shape index (κ1) is 17.7. The molecule has 1 atom stereocenters. The number of benzene rings is 1. The van der Waals surface area contributed by atoms with Gasteiger partial charge in [-0.05, 0) is 50.2 Å². The van der Waals surface area contributed by atoms with E-state index in [1.54, 1.807) is 23.1 Å². The number of piperidine rings is 1. The first-order valence-electron chi connectivity index (χ1n) is 9.70. The summed E-state index contributed by atoms with van der Waals surface area (Å²) in [5, 5.41) is 2.67. The van der Waals surface area contributed by atoms with E-state index in [1.165, 1.54) is 18.9 Å². The lowest BCUT2D eigenvalue weighted by molar-refractivity contribution is -0.152. The highest BCUT2D eigenvalue weighted by Gasteiger charge is 2.42. The molecular weight excluding hydrogens is 335 g/mol. The molecule has 3 aliphatic rings. The van der Waals surface area contributed by atoms with Crippen LogP contribution >= 0.6 is 0 Å². The molecule has 26 heavy (non-hydrogen) atoms. The summed E-state index contributed by atoms with van der Waals surface area (Å²) in [6, 6.07) is 5.99. The van der Waals surface area contributed by atoms with Gasteiger partial charge in [0, 0.05) is 32.7 Å². The molecule has 1 unspecified atom stereocenters. The van der Waals surface area contributed by atoms with Crippen LogP contribution in [-0.4, -0.2) is 48.9 Å². The average molecular weight is 362 g/mol. The van der Waals surface area contributed by atoms with Crippen molar-refractivity contribution in [2.24, 2.45) is 5.92 Å². The Morgan fingerprint density at radius 2 is 2.04 bits per heavy atom. The van der Waals surface area contributed by atoms with E-state index in [1.807, 2.05) is 0 Å². The van der Waals surface area contributed by atoms with Crippen LogP contribution in [0.5, 0.6) is 0 Å². The van der Waals surface area contributed by atoms with Crippen molar-refractivity contribution in [3.05, 3.63) is 30.1 Å². The first-order chi connectivity index (χ1) is 12.6. The topological polar surface area (TPSA) is 50.8 Å². The van der Waals surface area contributed by atoms with E-state index in [2.05, 4.69) is 5.32 Å². The van der Waals surface area contributed by atoms with E-state index in [9.17, 15) is 9.18 Å². The van der Waals surface area contributed by atoms with Crippen LogP contribution in [0.1, 0.15) is 38.5 Å². The minimum atomic E-state index is -0.416. The smallest absolute Gasteiger partial charge is 0.321 e. The van der Waals surface area contributed by atoms with E-state index in [-0.39, 0.29) is 23.4 Å². The summed E-state index contributed by atoms with van der Waals surface area (Å²) in [6.07, 6.45) is 6.39. The van der Waals surface area contributed by atoms with Gasteiger partial charge in [0.1, 0.15) is 5.82 Å². The third-order valence-corrected chi connectivity index (χ3v) is 5.79. The van der Waals surface area contributed by atoms with Crippen LogP contribution < -0.4 is 5.32 Å². The fourth-order valence-corrected chi connectivity index (χ4v) is 3.90. The second-order valence-electron chi connectivity index (χ2n) is 7.82. The highest BCUT2D eigenvalue weighted by Crippen LogP contribution is 2.37. The van der Waals surface area contributed by atoms with Gasteiger partial charge in [0.2, 0.25) is 0 Å². The molecule has 1 aromatic carbocycles. The zero-order chi connectivity index (χ0) is 18.0. The lowest BCUT2D eigenvalue weighted by Crippen LogP contribution is -2.52. The maximum atomic E-state index is 13.7. The van der Waals surface area contributed by atoms with Gasteiger partial charge >= 0.3 is 6.03 Å². The summed E-state index contributed by atoms with van der Waals surface area (Å²) in [5.41, 5.74) is 0.0570. The van der Waals surface area contributed by atoms with Crippen LogP contribution in [0, 0.1) is 11.7 Å². The number of halogens is 1. The van der Waals surface area contributed by atoms with Crippen molar-refractivity contribution in [2.75, 3.05) is 31.6 Å². The number of anilines is 1. The van der Waals surface area contributed by atoms with Crippen LogP contribution in [-0.2, 0) is 9.47 Å². The van der Waals surface area contributed by atoms with Gasteiger partial charge in [-0.2, -0.15) is 0 Å². The second kappa shape index (κ2) is 7.53. The molecule has 142 valence electrons. The summed E-state index contributed by atoms with van der Waals surface area (Å²) in [7, 11) is 0. The molecule has 0 bridgehead atoms. The van der Waals surface area contributed by atoms with Crippen LogP contribution in [0.4, 0.5) is 14.9 Å². The molecule has 4 rings (SSSR count). The van der Waals surface area contributed by atoms with Gasteiger partial charge in [-0.3, -0.25) is 0 Å². The Kier molecular flexibility index (Phi) is 5.14. The molecule has 6 heteroatoms. The van der Waals surface area contributed by atoms with Crippen molar-refractivity contribution in [3.63, 3.8) is 0 Å². The van der Waals surface area contributed by atoms with Gasteiger partial charge in [-0.25, -0.2) is 9.18 Å². The number of nitrogens with one attached hydrogen (secondary N) is 1. The molecule has 5 nitrogen and oxygen atoms in total. The van der Waals surface area contributed by atoms with Gasteiger partial charge in [0.25, 0.3) is 0 Å². The predicted molar refractivity (Wildman–Crippen MR) is 96.6 cm³/mol. The number of ether oxygens (including phenoxy) is 2. The Morgan fingerprint density at radius 3 is 2.77 bits per heavy atom. The summed E-state index contributed by atoms with van der Waals surface area (Å²) < 4.78 is 25.9. The maximum absolute atomic E-state index is 13.7. The van der Waals surface area contributed by atoms with E-state index in [0.717, 1.165) is 44.8 Å². The summed E-state index contributed by atoms with van der Waals surface area (Å²) in [5.74, 6) is 0.360. The highest BCUT2D eigenvalue weighted by molar-refractivity contribution is 5.89. The van der Waals surface area contributed by atoms with Crippen molar-refractivity contribution < 1.29 is 18.7 Å². The number of para-hydroxylation sites is 1. The number of carbonyl (C=O) groups is 1. The number of nitrogens with zero attached hydrogens (tertiary/aromatic N) is 1. The fourth-order valence-electron chi connectivity index (χ4n) is 3.90. The predicted octanol–water partition coefficient (Wildman–Crippen LogP) is 3.80. The fraction of sp³-hybridized carbons (Fsp3) is 0.650. The van der Waals surface area contributed by atoms with Gasteiger partial charge in [0.15, 0.2) is 0 Å². The molecule has 3 fully saturated rings. The molecule has 1 aromatic rings. The number of hydrogen-bond acceptors (Lipinski definition) is 3. The molecule has 0 radical (unpaired) electrons. The van der Waals surface area contributed by atoms with Crippen molar-refractivity contribution in [1.82, 2.24) is 4.90 Å². The zero-order valence-electron chi connectivity index (χ0n) is 15.1. The number of likely N-dealkylation sites (tertiary alicyclic amines) is 1. The number of urea groups is 1. The molecule has 2 saturated heterocycles. The van der Waals surface area contributed by atoms with Crippen molar-refractivity contribution in [1.29, 1.82) is 0 Å².